The summed E-state index contributed by atoms with van der Waals surface area (Å²) >= 11 is 1.36. The summed E-state index contributed by atoms with van der Waals surface area (Å²) < 4.78 is 45.1. The van der Waals surface area contributed by atoms with Gasteiger partial charge in [-0.1, -0.05) is 26.8 Å². The maximum absolute atomic E-state index is 14.9. The zero-order chi connectivity index (χ0) is 32.5. The molecule has 3 aromatic heterocycles. The van der Waals surface area contributed by atoms with Gasteiger partial charge in [0.05, 0.1) is 32.6 Å². The molecule has 0 radical (unpaired) electrons. The Hall–Kier alpha value is -4.30. The fourth-order valence-electron chi connectivity index (χ4n) is 4.94. The van der Waals surface area contributed by atoms with E-state index in [0.717, 1.165) is 28.9 Å². The van der Waals surface area contributed by atoms with E-state index in [0.29, 0.717) is 32.9 Å². The van der Waals surface area contributed by atoms with Crippen LogP contribution < -0.4 is 15.4 Å². The number of halogens is 1. The molecular weight excluding hydrogens is 622 g/mol. The van der Waals surface area contributed by atoms with E-state index in [1.54, 1.807) is 36.7 Å². The van der Waals surface area contributed by atoms with Gasteiger partial charge >= 0.3 is 12.1 Å². The highest BCUT2D eigenvalue weighted by Gasteiger charge is 2.35. The Morgan fingerprint density at radius 2 is 1.89 bits per heavy atom. The number of carboxylic acid groups (broad SMARTS) is 1. The lowest BCUT2D eigenvalue weighted by Gasteiger charge is -2.38. The van der Waals surface area contributed by atoms with Crippen molar-refractivity contribution in [2.45, 2.75) is 45.7 Å². The molecule has 3 N–H and O–H groups in total. The Morgan fingerprint density at radius 1 is 1.13 bits per heavy atom. The van der Waals surface area contributed by atoms with Crippen molar-refractivity contribution in [1.82, 2.24) is 20.2 Å². The molecule has 4 aromatic rings. The van der Waals surface area contributed by atoms with Crippen LogP contribution in [0.25, 0.3) is 20.8 Å². The van der Waals surface area contributed by atoms with Gasteiger partial charge in [-0.3, -0.25) is 14.9 Å². The molecule has 3 heterocycles. The van der Waals surface area contributed by atoms with Crippen molar-refractivity contribution in [3.05, 3.63) is 66.2 Å². The molecule has 45 heavy (non-hydrogen) atoms. The normalized spacial score (nSPS) is 14.2. The largest absolute Gasteiger partial charge is 0.465 e. The molecule has 1 aliphatic carbocycles. The minimum Gasteiger partial charge on any atom is -0.465 e. The zero-order valence-electron chi connectivity index (χ0n) is 25.2. The number of sulfone groups is 1. The third-order valence-corrected chi connectivity index (χ3v) is 9.22. The summed E-state index contributed by atoms with van der Waals surface area (Å²) in [5.41, 5.74) is 1.62. The molecule has 3 amide bonds. The van der Waals surface area contributed by atoms with Gasteiger partial charge in [0.25, 0.3) is 0 Å². The number of thiophene rings is 1. The number of aromatic nitrogens is 2. The number of urea groups is 1. The Balaban J connectivity index is 1.37. The van der Waals surface area contributed by atoms with E-state index in [-0.39, 0.29) is 30.1 Å². The Morgan fingerprint density at radius 3 is 2.49 bits per heavy atom. The van der Waals surface area contributed by atoms with Gasteiger partial charge in [0, 0.05) is 49.1 Å². The summed E-state index contributed by atoms with van der Waals surface area (Å²) in [5, 5.41) is 15.4. The molecule has 1 fully saturated rings. The number of rotatable bonds is 10. The summed E-state index contributed by atoms with van der Waals surface area (Å²) in [6.07, 6.45) is 4.91. The number of nitrogens with zero attached hydrogens (tertiary/aromatic N) is 3. The van der Waals surface area contributed by atoms with Gasteiger partial charge in [-0.25, -0.2) is 22.4 Å². The number of amides is 3. The second kappa shape index (κ2) is 12.6. The van der Waals surface area contributed by atoms with Crippen molar-refractivity contribution >= 4 is 49.2 Å². The first-order valence-corrected chi connectivity index (χ1v) is 17.1. The monoisotopic (exact) mass is 655 g/mol. The lowest BCUT2D eigenvalue weighted by Crippen LogP contribution is -2.42. The molecule has 0 spiro atoms. The van der Waals surface area contributed by atoms with Crippen molar-refractivity contribution < 1.29 is 32.2 Å². The Kier molecular flexibility index (Phi) is 8.99. The van der Waals surface area contributed by atoms with Gasteiger partial charge in [-0.2, -0.15) is 0 Å². The average molecular weight is 656 g/mol. The molecule has 14 heteroatoms. The van der Waals surface area contributed by atoms with Crippen LogP contribution in [0.2, 0.25) is 0 Å². The van der Waals surface area contributed by atoms with Crippen molar-refractivity contribution in [2.24, 2.45) is 5.41 Å². The van der Waals surface area contributed by atoms with Crippen LogP contribution in [0.5, 0.6) is 11.5 Å². The quantitative estimate of drug-likeness (QED) is 0.171. The highest BCUT2D eigenvalue weighted by molar-refractivity contribution is 7.90. The number of ether oxygens (including phenoxy) is 1. The third-order valence-electron chi connectivity index (χ3n) is 7.13. The minimum absolute atomic E-state index is 0.0137. The smallest absolute Gasteiger partial charge is 0.407 e. The highest BCUT2D eigenvalue weighted by atomic mass is 32.2. The second-order valence-corrected chi connectivity index (χ2v) is 15.4. The van der Waals surface area contributed by atoms with Crippen LogP contribution in [0.1, 0.15) is 45.2 Å². The van der Waals surface area contributed by atoms with E-state index < -0.39 is 33.2 Å². The predicted molar refractivity (Wildman–Crippen MR) is 171 cm³/mol. The Labute approximate surface area is 264 Å². The predicted octanol–water partition coefficient (Wildman–Crippen LogP) is 6.69. The number of hydrogen-bond donors (Lipinski definition) is 3. The molecule has 0 bridgehead atoms. The lowest BCUT2D eigenvalue weighted by atomic mass is 9.82. The van der Waals surface area contributed by atoms with E-state index in [9.17, 15) is 27.5 Å². The number of fused-ring (bicyclic) bond motifs is 1. The molecule has 0 saturated heterocycles. The van der Waals surface area contributed by atoms with Crippen molar-refractivity contribution in [1.29, 1.82) is 0 Å². The van der Waals surface area contributed by atoms with Gasteiger partial charge in [-0.15, -0.1) is 11.3 Å². The van der Waals surface area contributed by atoms with Gasteiger partial charge in [-0.05, 0) is 48.1 Å². The average Bonchev–Trinajstić information content (AvgIpc) is 3.64. The van der Waals surface area contributed by atoms with Crippen LogP contribution in [0.3, 0.4) is 0 Å². The third kappa shape index (κ3) is 8.05. The first kappa shape index (κ1) is 32.1. The maximum atomic E-state index is 14.9. The molecule has 5 rings (SSSR count). The fourth-order valence-corrected chi connectivity index (χ4v) is 6.51. The van der Waals surface area contributed by atoms with E-state index in [1.807, 2.05) is 26.8 Å². The van der Waals surface area contributed by atoms with Gasteiger partial charge in [0.15, 0.2) is 11.6 Å². The van der Waals surface area contributed by atoms with E-state index in [2.05, 4.69) is 20.6 Å². The number of carbonyl (C=O) groups is 2. The molecule has 1 atom stereocenters. The zero-order valence-corrected chi connectivity index (χ0v) is 26.8. The van der Waals surface area contributed by atoms with Crippen LogP contribution in [-0.2, 0) is 9.84 Å². The summed E-state index contributed by atoms with van der Waals surface area (Å²) in [5.74, 6) is -0.549. The van der Waals surface area contributed by atoms with E-state index in [4.69, 9.17) is 4.74 Å². The SMILES string of the molecule is CC(C)(C)C(c1ccc(-c2cc3nccc(Oc4ccc(NC(=O)NC5CC5)cc4F)c3s2)nc1)N(CCS(C)(=O)=O)C(=O)O. The van der Waals surface area contributed by atoms with Gasteiger partial charge < -0.3 is 20.5 Å². The summed E-state index contributed by atoms with van der Waals surface area (Å²) in [6, 6.07) is 10.4. The first-order chi connectivity index (χ1) is 21.2. The van der Waals surface area contributed by atoms with Crippen LogP contribution in [-0.4, -0.2) is 65.1 Å². The second-order valence-electron chi connectivity index (χ2n) is 12.1. The van der Waals surface area contributed by atoms with Crippen LogP contribution in [0.15, 0.2) is 54.9 Å². The highest BCUT2D eigenvalue weighted by Crippen LogP contribution is 2.41. The number of benzene rings is 1. The first-order valence-electron chi connectivity index (χ1n) is 14.2. The molecule has 11 nitrogen and oxygen atoms in total. The number of nitrogens with one attached hydrogen (secondary N) is 2. The summed E-state index contributed by atoms with van der Waals surface area (Å²) in [6.45, 7) is 5.50. The summed E-state index contributed by atoms with van der Waals surface area (Å²) in [7, 11) is -3.38. The van der Waals surface area contributed by atoms with Crippen molar-refractivity contribution in [3.8, 4) is 22.1 Å². The number of hydrogen-bond acceptors (Lipinski definition) is 8. The Bertz CT molecular complexity index is 1840. The molecule has 1 aromatic carbocycles. The summed E-state index contributed by atoms with van der Waals surface area (Å²) in [4.78, 5) is 35.1. The number of pyridine rings is 2. The number of anilines is 1. The standard InChI is InChI=1S/C31H34FN5O6S2/c1-31(2,3)28(37(30(39)40)13-14-45(4,41)42)18-5-9-22(34-17-18)26-16-23-27(44-26)25(11-12-33-23)43-24-10-8-20(15-21(24)32)36-29(38)35-19-6-7-19/h5,8-12,15-17,19,28H,6-7,13-14H2,1-4H3,(H,39,40)(H2,35,36,38). The van der Waals surface area contributed by atoms with E-state index in [1.165, 1.54) is 23.5 Å². The van der Waals surface area contributed by atoms with Gasteiger partial charge in [0.1, 0.15) is 15.6 Å². The van der Waals surface area contributed by atoms with Crippen LogP contribution >= 0.6 is 11.3 Å². The minimum atomic E-state index is -3.38. The molecule has 1 saturated carbocycles. The molecule has 1 aliphatic rings. The molecular formula is C31H34FN5O6S2. The van der Waals surface area contributed by atoms with Crippen LogP contribution in [0.4, 0.5) is 19.7 Å². The fraction of sp³-hybridized carbons (Fsp3) is 0.355. The van der Waals surface area contributed by atoms with E-state index >= 15 is 0 Å². The molecule has 238 valence electrons. The molecule has 0 aliphatic heterocycles. The maximum Gasteiger partial charge on any atom is 0.407 e. The lowest BCUT2D eigenvalue weighted by molar-refractivity contribution is 0.0856. The van der Waals surface area contributed by atoms with Crippen molar-refractivity contribution in [2.75, 3.05) is 23.9 Å². The molecule has 1 unspecified atom stereocenters. The van der Waals surface area contributed by atoms with Crippen LogP contribution in [0, 0.1) is 11.2 Å². The topological polar surface area (TPSA) is 151 Å². The number of carbonyl (C=O) groups excluding carboxylic acids is 1. The van der Waals surface area contributed by atoms with Crippen molar-refractivity contribution in [3.63, 3.8) is 0 Å². The van der Waals surface area contributed by atoms with Gasteiger partial charge in [0.2, 0.25) is 0 Å².